The summed E-state index contributed by atoms with van der Waals surface area (Å²) in [6, 6.07) is 4.37. The average Bonchev–Trinajstić information content (AvgIpc) is 2.26. The number of hydrogen-bond acceptors (Lipinski definition) is 3. The molecule has 16 heavy (non-hydrogen) atoms. The Morgan fingerprint density at radius 1 is 1.44 bits per heavy atom. The Kier molecular flexibility index (Phi) is 5.26. The van der Waals surface area contributed by atoms with Crippen LogP contribution in [0.2, 0.25) is 0 Å². The summed E-state index contributed by atoms with van der Waals surface area (Å²) < 4.78 is 5.92. The van der Waals surface area contributed by atoms with E-state index in [2.05, 4.69) is 31.1 Å². The first kappa shape index (κ1) is 13.0. The molecule has 1 N–H and O–H groups in total. The Hall–Kier alpha value is -1.09. The third kappa shape index (κ3) is 4.19. The number of nitrogens with zero attached hydrogens (tertiary/aromatic N) is 1. The van der Waals surface area contributed by atoms with E-state index < -0.39 is 0 Å². The average molecular weight is 222 g/mol. The van der Waals surface area contributed by atoms with Gasteiger partial charge >= 0.3 is 0 Å². The van der Waals surface area contributed by atoms with E-state index in [1.165, 1.54) is 0 Å². The van der Waals surface area contributed by atoms with E-state index in [1.807, 2.05) is 19.1 Å². The molecular formula is C13H22N2O. The SMILES string of the molecule is CCC(CNC(C)C)Oc1cccnc1C. The van der Waals surface area contributed by atoms with Gasteiger partial charge < -0.3 is 10.1 Å². The van der Waals surface area contributed by atoms with Crippen molar-refractivity contribution in [3.05, 3.63) is 24.0 Å². The number of pyridine rings is 1. The Balaban J connectivity index is 2.53. The fraction of sp³-hybridized carbons (Fsp3) is 0.615. The van der Waals surface area contributed by atoms with Gasteiger partial charge in [-0.15, -0.1) is 0 Å². The lowest BCUT2D eigenvalue weighted by Crippen LogP contribution is -2.35. The van der Waals surface area contributed by atoms with Crippen molar-refractivity contribution in [2.75, 3.05) is 6.54 Å². The lowest BCUT2D eigenvalue weighted by molar-refractivity contribution is 0.188. The standard InChI is InChI=1S/C13H22N2O/c1-5-12(9-15-10(2)3)16-13-7-6-8-14-11(13)4/h6-8,10,12,15H,5,9H2,1-4H3. The van der Waals surface area contributed by atoms with Crippen LogP contribution in [0.25, 0.3) is 0 Å². The van der Waals surface area contributed by atoms with Crippen LogP contribution in [0.15, 0.2) is 18.3 Å². The first-order valence-corrected chi connectivity index (χ1v) is 5.95. The van der Waals surface area contributed by atoms with Crippen LogP contribution in [0.4, 0.5) is 0 Å². The minimum absolute atomic E-state index is 0.213. The van der Waals surface area contributed by atoms with Gasteiger partial charge in [0.1, 0.15) is 11.9 Å². The van der Waals surface area contributed by atoms with Gasteiger partial charge in [-0.1, -0.05) is 20.8 Å². The fourth-order valence-electron chi connectivity index (χ4n) is 1.41. The number of hydrogen-bond donors (Lipinski definition) is 1. The van der Waals surface area contributed by atoms with E-state index in [-0.39, 0.29) is 6.10 Å². The van der Waals surface area contributed by atoms with Crippen molar-refractivity contribution in [1.29, 1.82) is 0 Å². The molecule has 1 rings (SSSR count). The number of aromatic nitrogens is 1. The Labute approximate surface area is 98.2 Å². The summed E-state index contributed by atoms with van der Waals surface area (Å²) in [5, 5.41) is 3.39. The quantitative estimate of drug-likeness (QED) is 0.803. The summed E-state index contributed by atoms with van der Waals surface area (Å²) in [5.74, 6) is 0.889. The predicted molar refractivity (Wildman–Crippen MR) is 66.8 cm³/mol. The van der Waals surface area contributed by atoms with Gasteiger partial charge in [0.2, 0.25) is 0 Å². The van der Waals surface area contributed by atoms with Gasteiger partial charge in [0.15, 0.2) is 0 Å². The summed E-state index contributed by atoms with van der Waals surface area (Å²) in [7, 11) is 0. The van der Waals surface area contributed by atoms with E-state index in [1.54, 1.807) is 6.20 Å². The zero-order chi connectivity index (χ0) is 12.0. The van der Waals surface area contributed by atoms with E-state index in [0.717, 1.165) is 24.4 Å². The van der Waals surface area contributed by atoms with Crippen LogP contribution in [-0.2, 0) is 0 Å². The Morgan fingerprint density at radius 2 is 2.19 bits per heavy atom. The molecule has 90 valence electrons. The molecule has 1 unspecified atom stereocenters. The second kappa shape index (κ2) is 6.48. The lowest BCUT2D eigenvalue weighted by atomic mass is 10.2. The normalized spacial score (nSPS) is 12.8. The molecule has 1 heterocycles. The molecule has 0 bridgehead atoms. The van der Waals surface area contributed by atoms with Crippen LogP contribution in [0, 0.1) is 6.92 Å². The van der Waals surface area contributed by atoms with Crippen molar-refractivity contribution >= 4 is 0 Å². The summed E-state index contributed by atoms with van der Waals surface area (Å²) in [4.78, 5) is 4.22. The van der Waals surface area contributed by atoms with Gasteiger partial charge in [-0.3, -0.25) is 4.98 Å². The molecule has 0 aliphatic rings. The number of ether oxygens (including phenoxy) is 1. The molecule has 0 saturated heterocycles. The second-order valence-electron chi connectivity index (χ2n) is 4.30. The zero-order valence-electron chi connectivity index (χ0n) is 10.7. The number of aryl methyl sites for hydroxylation is 1. The smallest absolute Gasteiger partial charge is 0.140 e. The van der Waals surface area contributed by atoms with E-state index in [4.69, 9.17) is 4.74 Å². The van der Waals surface area contributed by atoms with Crippen molar-refractivity contribution < 1.29 is 4.74 Å². The first-order chi connectivity index (χ1) is 7.63. The molecule has 1 atom stereocenters. The highest BCUT2D eigenvalue weighted by molar-refractivity contribution is 5.25. The van der Waals surface area contributed by atoms with Crippen LogP contribution >= 0.6 is 0 Å². The molecule has 0 aromatic carbocycles. The molecule has 0 saturated carbocycles. The van der Waals surface area contributed by atoms with Gasteiger partial charge in [-0.05, 0) is 25.5 Å². The largest absolute Gasteiger partial charge is 0.487 e. The summed E-state index contributed by atoms with van der Waals surface area (Å²) in [6.45, 7) is 9.27. The lowest BCUT2D eigenvalue weighted by Gasteiger charge is -2.20. The highest BCUT2D eigenvalue weighted by Gasteiger charge is 2.10. The van der Waals surface area contributed by atoms with Gasteiger partial charge in [0, 0.05) is 18.8 Å². The van der Waals surface area contributed by atoms with E-state index >= 15 is 0 Å². The van der Waals surface area contributed by atoms with Gasteiger partial charge in [-0.25, -0.2) is 0 Å². The van der Waals surface area contributed by atoms with Crippen molar-refractivity contribution in [2.45, 2.75) is 46.3 Å². The molecule has 0 aliphatic carbocycles. The third-order valence-electron chi connectivity index (χ3n) is 2.46. The molecule has 0 aliphatic heterocycles. The third-order valence-corrected chi connectivity index (χ3v) is 2.46. The minimum Gasteiger partial charge on any atom is -0.487 e. The summed E-state index contributed by atoms with van der Waals surface area (Å²) in [5.41, 5.74) is 0.950. The van der Waals surface area contributed by atoms with Crippen LogP contribution in [0.1, 0.15) is 32.9 Å². The molecule has 0 fully saturated rings. The molecule has 0 amide bonds. The number of nitrogens with one attached hydrogen (secondary N) is 1. The van der Waals surface area contributed by atoms with Crippen LogP contribution in [0.3, 0.4) is 0 Å². The van der Waals surface area contributed by atoms with E-state index in [9.17, 15) is 0 Å². The summed E-state index contributed by atoms with van der Waals surface area (Å²) in [6.07, 6.45) is 2.99. The van der Waals surface area contributed by atoms with Crippen LogP contribution in [0.5, 0.6) is 5.75 Å². The molecule has 3 nitrogen and oxygen atoms in total. The number of rotatable bonds is 6. The first-order valence-electron chi connectivity index (χ1n) is 5.95. The van der Waals surface area contributed by atoms with Gasteiger partial charge in [0.05, 0.1) is 5.69 Å². The highest BCUT2D eigenvalue weighted by atomic mass is 16.5. The van der Waals surface area contributed by atoms with Crippen LogP contribution in [-0.4, -0.2) is 23.7 Å². The van der Waals surface area contributed by atoms with Crippen molar-refractivity contribution in [2.24, 2.45) is 0 Å². The van der Waals surface area contributed by atoms with E-state index in [0.29, 0.717) is 6.04 Å². The highest BCUT2D eigenvalue weighted by Crippen LogP contribution is 2.16. The minimum atomic E-state index is 0.213. The van der Waals surface area contributed by atoms with Crippen molar-refractivity contribution in [1.82, 2.24) is 10.3 Å². The summed E-state index contributed by atoms with van der Waals surface area (Å²) >= 11 is 0. The maximum Gasteiger partial charge on any atom is 0.140 e. The topological polar surface area (TPSA) is 34.1 Å². The van der Waals surface area contributed by atoms with Crippen molar-refractivity contribution in [3.63, 3.8) is 0 Å². The fourth-order valence-corrected chi connectivity index (χ4v) is 1.41. The maximum absolute atomic E-state index is 5.92. The van der Waals surface area contributed by atoms with Gasteiger partial charge in [0.25, 0.3) is 0 Å². The molecule has 1 aromatic rings. The van der Waals surface area contributed by atoms with Gasteiger partial charge in [-0.2, -0.15) is 0 Å². The zero-order valence-corrected chi connectivity index (χ0v) is 10.7. The molecule has 3 heteroatoms. The maximum atomic E-state index is 5.92. The Bertz CT molecular complexity index is 313. The molecular weight excluding hydrogens is 200 g/mol. The Morgan fingerprint density at radius 3 is 2.75 bits per heavy atom. The molecule has 0 radical (unpaired) electrons. The monoisotopic (exact) mass is 222 g/mol. The second-order valence-corrected chi connectivity index (χ2v) is 4.30. The van der Waals surface area contributed by atoms with Crippen molar-refractivity contribution in [3.8, 4) is 5.75 Å². The predicted octanol–water partition coefficient (Wildman–Crippen LogP) is 2.55. The van der Waals surface area contributed by atoms with Crippen LogP contribution < -0.4 is 10.1 Å². The molecule has 1 aromatic heterocycles. The molecule has 0 spiro atoms.